The predicted octanol–water partition coefficient (Wildman–Crippen LogP) is 3.19. The molecule has 96 valence electrons. The van der Waals surface area contributed by atoms with Gasteiger partial charge in [0.1, 0.15) is 6.04 Å². The van der Waals surface area contributed by atoms with Crippen LogP contribution in [0, 0.1) is 5.92 Å². The highest BCUT2D eigenvalue weighted by atomic mass is 79.9. The van der Waals surface area contributed by atoms with Crippen LogP contribution in [0.4, 0.5) is 0 Å². The number of thiophene rings is 1. The highest BCUT2D eigenvalue weighted by Crippen LogP contribution is 2.20. The third kappa shape index (κ3) is 5.19. The lowest BCUT2D eigenvalue weighted by Crippen LogP contribution is -2.38. The van der Waals surface area contributed by atoms with E-state index < -0.39 is 0 Å². The fourth-order valence-corrected chi connectivity index (χ4v) is 2.77. The minimum atomic E-state index is -0.223. The fourth-order valence-electron chi connectivity index (χ4n) is 1.56. The maximum atomic E-state index is 11.6. The summed E-state index contributed by atoms with van der Waals surface area (Å²) >= 11 is 5.07. The van der Waals surface area contributed by atoms with E-state index in [0.717, 1.165) is 10.2 Å². The van der Waals surface area contributed by atoms with Crippen LogP contribution in [0.3, 0.4) is 0 Å². The SMILES string of the molecule is COC(=O)C(CC(C)C)NCc1csc(Br)c1. The molecule has 1 aromatic rings. The number of carbonyl (C=O) groups is 1. The summed E-state index contributed by atoms with van der Waals surface area (Å²) in [5.74, 6) is 0.272. The zero-order valence-corrected chi connectivity index (χ0v) is 12.7. The van der Waals surface area contributed by atoms with E-state index in [4.69, 9.17) is 4.74 Å². The zero-order valence-electron chi connectivity index (χ0n) is 10.3. The molecular weight excluding hydrogens is 302 g/mol. The monoisotopic (exact) mass is 319 g/mol. The Balaban J connectivity index is 2.51. The Bertz CT molecular complexity index is 365. The second kappa shape index (κ2) is 7.13. The molecule has 1 atom stereocenters. The second-order valence-electron chi connectivity index (χ2n) is 4.35. The number of halogens is 1. The molecule has 0 bridgehead atoms. The molecular formula is C12H18BrNO2S. The fraction of sp³-hybridized carbons (Fsp3) is 0.583. The van der Waals surface area contributed by atoms with Gasteiger partial charge in [-0.25, -0.2) is 0 Å². The Kier molecular flexibility index (Phi) is 6.16. The normalized spacial score (nSPS) is 12.8. The van der Waals surface area contributed by atoms with Gasteiger partial charge in [-0.1, -0.05) is 13.8 Å². The maximum Gasteiger partial charge on any atom is 0.322 e. The van der Waals surface area contributed by atoms with Gasteiger partial charge in [-0.3, -0.25) is 4.79 Å². The molecule has 5 heteroatoms. The smallest absolute Gasteiger partial charge is 0.322 e. The number of carbonyl (C=O) groups excluding carboxylic acids is 1. The van der Waals surface area contributed by atoms with Gasteiger partial charge >= 0.3 is 5.97 Å². The van der Waals surface area contributed by atoms with Crippen LogP contribution in [-0.4, -0.2) is 19.1 Å². The number of hydrogen-bond acceptors (Lipinski definition) is 4. The average Bonchev–Trinajstić information content (AvgIpc) is 2.68. The van der Waals surface area contributed by atoms with Crippen LogP contribution >= 0.6 is 27.3 Å². The van der Waals surface area contributed by atoms with Crippen molar-refractivity contribution in [2.24, 2.45) is 5.92 Å². The quantitative estimate of drug-likeness (QED) is 0.818. The van der Waals surface area contributed by atoms with Crippen molar-refractivity contribution in [3.8, 4) is 0 Å². The van der Waals surface area contributed by atoms with Crippen molar-refractivity contribution in [3.63, 3.8) is 0 Å². The van der Waals surface area contributed by atoms with Gasteiger partial charge in [0, 0.05) is 6.54 Å². The van der Waals surface area contributed by atoms with E-state index in [9.17, 15) is 4.79 Å². The predicted molar refractivity (Wildman–Crippen MR) is 74.1 cm³/mol. The molecule has 0 aliphatic carbocycles. The van der Waals surface area contributed by atoms with E-state index in [1.165, 1.54) is 12.7 Å². The van der Waals surface area contributed by atoms with Gasteiger partial charge in [0.25, 0.3) is 0 Å². The highest BCUT2D eigenvalue weighted by molar-refractivity contribution is 9.11. The summed E-state index contributed by atoms with van der Waals surface area (Å²) in [4.78, 5) is 11.6. The van der Waals surface area contributed by atoms with Gasteiger partial charge < -0.3 is 10.1 Å². The van der Waals surface area contributed by atoms with Crippen molar-refractivity contribution in [2.45, 2.75) is 32.9 Å². The molecule has 17 heavy (non-hydrogen) atoms. The molecule has 1 aromatic heterocycles. The first kappa shape index (κ1) is 14.7. The molecule has 1 N–H and O–H groups in total. The van der Waals surface area contributed by atoms with Crippen LogP contribution in [0.25, 0.3) is 0 Å². The minimum absolute atomic E-state index is 0.187. The maximum absolute atomic E-state index is 11.6. The topological polar surface area (TPSA) is 38.3 Å². The van der Waals surface area contributed by atoms with Crippen molar-refractivity contribution >= 4 is 33.2 Å². The standard InChI is InChI=1S/C12H18BrNO2S/c1-8(2)4-10(12(15)16-3)14-6-9-5-11(13)17-7-9/h5,7-8,10,14H,4,6H2,1-3H3. The lowest BCUT2D eigenvalue weighted by molar-refractivity contribution is -0.143. The summed E-state index contributed by atoms with van der Waals surface area (Å²) in [6, 6.07) is 1.83. The first-order valence-electron chi connectivity index (χ1n) is 5.57. The molecule has 0 aliphatic rings. The van der Waals surface area contributed by atoms with Crippen molar-refractivity contribution < 1.29 is 9.53 Å². The van der Waals surface area contributed by atoms with Crippen molar-refractivity contribution in [1.29, 1.82) is 0 Å². The summed E-state index contributed by atoms with van der Waals surface area (Å²) in [7, 11) is 1.43. The first-order valence-corrected chi connectivity index (χ1v) is 7.24. The van der Waals surface area contributed by atoms with E-state index in [-0.39, 0.29) is 12.0 Å². The second-order valence-corrected chi connectivity index (χ2v) is 6.64. The molecule has 0 radical (unpaired) electrons. The van der Waals surface area contributed by atoms with Gasteiger partial charge in [-0.15, -0.1) is 11.3 Å². The minimum Gasteiger partial charge on any atom is -0.468 e. The Morgan fingerprint density at radius 3 is 2.76 bits per heavy atom. The zero-order chi connectivity index (χ0) is 12.8. The molecule has 1 rings (SSSR count). The largest absolute Gasteiger partial charge is 0.468 e. The number of nitrogens with one attached hydrogen (secondary N) is 1. The van der Waals surface area contributed by atoms with Crippen LogP contribution < -0.4 is 5.32 Å². The van der Waals surface area contributed by atoms with Gasteiger partial charge in [-0.05, 0) is 45.3 Å². The molecule has 1 heterocycles. The summed E-state index contributed by atoms with van der Waals surface area (Å²) in [6.07, 6.45) is 0.790. The van der Waals surface area contributed by atoms with E-state index in [1.807, 2.05) is 0 Å². The number of hydrogen-bond donors (Lipinski definition) is 1. The average molecular weight is 320 g/mol. The molecule has 0 amide bonds. The molecule has 0 saturated carbocycles. The van der Waals surface area contributed by atoms with Crippen molar-refractivity contribution in [2.75, 3.05) is 7.11 Å². The first-order chi connectivity index (χ1) is 8.02. The molecule has 1 unspecified atom stereocenters. The number of ether oxygens (including phenoxy) is 1. The number of rotatable bonds is 6. The molecule has 3 nitrogen and oxygen atoms in total. The highest BCUT2D eigenvalue weighted by Gasteiger charge is 2.19. The van der Waals surface area contributed by atoms with Gasteiger partial charge in [0.15, 0.2) is 0 Å². The van der Waals surface area contributed by atoms with Crippen molar-refractivity contribution in [3.05, 3.63) is 20.8 Å². The van der Waals surface area contributed by atoms with Crippen molar-refractivity contribution in [1.82, 2.24) is 5.32 Å². The van der Waals surface area contributed by atoms with Gasteiger partial charge in [0.05, 0.1) is 10.9 Å². The van der Waals surface area contributed by atoms with E-state index >= 15 is 0 Å². The lowest BCUT2D eigenvalue weighted by atomic mass is 10.0. The molecule has 0 spiro atoms. The Hall–Kier alpha value is -0.390. The summed E-state index contributed by atoms with van der Waals surface area (Å²) in [5, 5.41) is 5.31. The third-order valence-corrected chi connectivity index (χ3v) is 3.92. The Labute approximate surface area is 115 Å². The molecule has 0 aromatic carbocycles. The lowest BCUT2D eigenvalue weighted by Gasteiger charge is -2.17. The number of methoxy groups -OCH3 is 1. The molecule has 0 saturated heterocycles. The summed E-state index contributed by atoms with van der Waals surface area (Å²) in [6.45, 7) is 4.88. The molecule has 0 fully saturated rings. The van der Waals surface area contributed by atoms with Crippen LogP contribution in [-0.2, 0) is 16.1 Å². The van der Waals surface area contributed by atoms with Crippen LogP contribution in [0.5, 0.6) is 0 Å². The van der Waals surface area contributed by atoms with E-state index in [2.05, 4.69) is 46.5 Å². The Morgan fingerprint density at radius 2 is 2.29 bits per heavy atom. The molecule has 0 aliphatic heterocycles. The van der Waals surface area contributed by atoms with E-state index in [0.29, 0.717) is 12.5 Å². The Morgan fingerprint density at radius 1 is 1.59 bits per heavy atom. The summed E-state index contributed by atoms with van der Waals surface area (Å²) < 4.78 is 5.90. The van der Waals surface area contributed by atoms with Crippen LogP contribution in [0.15, 0.2) is 15.2 Å². The number of esters is 1. The summed E-state index contributed by atoms with van der Waals surface area (Å²) in [5.41, 5.74) is 1.18. The van der Waals surface area contributed by atoms with Crippen LogP contribution in [0.1, 0.15) is 25.8 Å². The van der Waals surface area contributed by atoms with E-state index in [1.54, 1.807) is 11.3 Å². The van der Waals surface area contributed by atoms with Gasteiger partial charge in [0.2, 0.25) is 0 Å². The van der Waals surface area contributed by atoms with Crippen LogP contribution in [0.2, 0.25) is 0 Å². The van der Waals surface area contributed by atoms with Gasteiger partial charge in [-0.2, -0.15) is 0 Å². The third-order valence-electron chi connectivity index (χ3n) is 2.37.